The van der Waals surface area contributed by atoms with E-state index in [9.17, 15) is 0 Å². The summed E-state index contributed by atoms with van der Waals surface area (Å²) in [6.07, 6.45) is 7.89. The lowest BCUT2D eigenvalue weighted by atomic mass is 9.91. The fourth-order valence-corrected chi connectivity index (χ4v) is 2.90. The second-order valence-corrected chi connectivity index (χ2v) is 5.54. The number of anilines is 1. The van der Waals surface area contributed by atoms with E-state index in [0.717, 1.165) is 11.6 Å². The minimum Gasteiger partial charge on any atom is -0.380 e. The molecule has 0 aromatic carbocycles. The Morgan fingerprint density at radius 2 is 2.39 bits per heavy atom. The first-order valence-corrected chi connectivity index (χ1v) is 7.16. The second-order valence-electron chi connectivity index (χ2n) is 5.54. The average molecular weight is 250 g/mol. The molecular weight excluding hydrogens is 224 g/mol. The highest BCUT2D eigenvalue weighted by atomic mass is 15.3. The van der Waals surface area contributed by atoms with Crippen molar-refractivity contribution in [3.63, 3.8) is 0 Å². The summed E-state index contributed by atoms with van der Waals surface area (Å²) in [6.45, 7) is 8.33. The Kier molecular flexibility index (Phi) is 4.64. The Bertz CT molecular complexity index is 358. The van der Waals surface area contributed by atoms with Gasteiger partial charge in [-0.2, -0.15) is 5.10 Å². The Morgan fingerprint density at radius 3 is 3.06 bits per heavy atom. The van der Waals surface area contributed by atoms with Gasteiger partial charge in [0, 0.05) is 25.8 Å². The first-order valence-electron chi connectivity index (χ1n) is 7.16. The summed E-state index contributed by atoms with van der Waals surface area (Å²) in [5, 5.41) is 7.79. The number of aromatic nitrogens is 2. The van der Waals surface area contributed by atoms with Crippen LogP contribution < -0.4 is 5.32 Å². The van der Waals surface area contributed by atoms with Crippen molar-refractivity contribution < 1.29 is 0 Å². The molecule has 2 unspecified atom stereocenters. The number of nitrogens with zero attached hydrogens (tertiary/aromatic N) is 3. The lowest BCUT2D eigenvalue weighted by Gasteiger charge is -2.36. The van der Waals surface area contributed by atoms with Gasteiger partial charge >= 0.3 is 0 Å². The predicted octanol–water partition coefficient (Wildman–Crippen LogP) is 2.34. The van der Waals surface area contributed by atoms with Crippen LogP contribution in [0.15, 0.2) is 12.4 Å². The van der Waals surface area contributed by atoms with Crippen LogP contribution in [-0.4, -0.2) is 40.4 Å². The quantitative estimate of drug-likeness (QED) is 0.871. The van der Waals surface area contributed by atoms with Crippen LogP contribution in [0.3, 0.4) is 0 Å². The Morgan fingerprint density at radius 1 is 1.56 bits per heavy atom. The summed E-state index contributed by atoms with van der Waals surface area (Å²) in [7, 11) is 1.96. The SMILES string of the molecule is CCCN1CCCC(C(C)Nc2cnn(C)c2)C1. The molecule has 0 amide bonds. The Hall–Kier alpha value is -1.03. The maximum atomic E-state index is 4.20. The molecule has 0 radical (unpaired) electrons. The molecule has 102 valence electrons. The molecule has 1 aliphatic rings. The highest BCUT2D eigenvalue weighted by molar-refractivity contribution is 5.39. The number of nitrogens with one attached hydrogen (secondary N) is 1. The fraction of sp³-hybridized carbons (Fsp3) is 0.786. The molecule has 2 atom stereocenters. The molecule has 0 bridgehead atoms. The molecule has 4 heteroatoms. The molecule has 1 aliphatic heterocycles. The van der Waals surface area contributed by atoms with Crippen LogP contribution in [-0.2, 0) is 7.05 Å². The van der Waals surface area contributed by atoms with Gasteiger partial charge in [-0.1, -0.05) is 6.92 Å². The first-order chi connectivity index (χ1) is 8.69. The van der Waals surface area contributed by atoms with E-state index < -0.39 is 0 Å². The largest absolute Gasteiger partial charge is 0.380 e. The molecule has 1 aromatic heterocycles. The fourth-order valence-electron chi connectivity index (χ4n) is 2.90. The number of rotatable bonds is 5. The van der Waals surface area contributed by atoms with Crippen LogP contribution in [0.5, 0.6) is 0 Å². The zero-order valence-corrected chi connectivity index (χ0v) is 11.9. The summed E-state index contributed by atoms with van der Waals surface area (Å²) in [4.78, 5) is 2.61. The third-order valence-corrected chi connectivity index (χ3v) is 3.89. The van der Waals surface area contributed by atoms with Gasteiger partial charge in [0.05, 0.1) is 11.9 Å². The van der Waals surface area contributed by atoms with Crippen molar-refractivity contribution in [1.29, 1.82) is 0 Å². The van der Waals surface area contributed by atoms with Gasteiger partial charge in [0.2, 0.25) is 0 Å². The molecule has 1 N–H and O–H groups in total. The predicted molar refractivity (Wildman–Crippen MR) is 75.7 cm³/mol. The van der Waals surface area contributed by atoms with Gasteiger partial charge in [0.15, 0.2) is 0 Å². The summed E-state index contributed by atoms with van der Waals surface area (Å²) < 4.78 is 1.85. The summed E-state index contributed by atoms with van der Waals surface area (Å²) >= 11 is 0. The third-order valence-electron chi connectivity index (χ3n) is 3.89. The molecule has 4 nitrogen and oxygen atoms in total. The van der Waals surface area contributed by atoms with Crippen molar-refractivity contribution in [3.8, 4) is 0 Å². The molecule has 1 aromatic rings. The minimum atomic E-state index is 0.522. The summed E-state index contributed by atoms with van der Waals surface area (Å²) in [5.41, 5.74) is 1.14. The molecule has 0 spiro atoms. The highest BCUT2D eigenvalue weighted by Gasteiger charge is 2.24. The van der Waals surface area contributed by atoms with E-state index in [0.29, 0.717) is 6.04 Å². The number of hydrogen-bond donors (Lipinski definition) is 1. The first kappa shape index (κ1) is 13.4. The van der Waals surface area contributed by atoms with E-state index >= 15 is 0 Å². The van der Waals surface area contributed by atoms with Crippen molar-refractivity contribution in [2.24, 2.45) is 13.0 Å². The highest BCUT2D eigenvalue weighted by Crippen LogP contribution is 2.22. The van der Waals surface area contributed by atoms with E-state index in [1.54, 1.807) is 0 Å². The summed E-state index contributed by atoms with van der Waals surface area (Å²) in [5.74, 6) is 0.755. The van der Waals surface area contributed by atoms with E-state index in [4.69, 9.17) is 0 Å². The Labute approximate surface area is 110 Å². The molecule has 1 fully saturated rings. The minimum absolute atomic E-state index is 0.522. The molecule has 0 saturated carbocycles. The van der Waals surface area contributed by atoms with Crippen molar-refractivity contribution >= 4 is 5.69 Å². The molecule has 18 heavy (non-hydrogen) atoms. The zero-order valence-electron chi connectivity index (χ0n) is 11.9. The topological polar surface area (TPSA) is 33.1 Å². The smallest absolute Gasteiger partial charge is 0.0728 e. The summed E-state index contributed by atoms with van der Waals surface area (Å²) in [6, 6.07) is 0.522. The standard InChI is InChI=1S/C14H26N4/c1-4-7-18-8-5-6-13(10-18)12(2)16-14-9-15-17(3)11-14/h9,11-13,16H,4-8,10H2,1-3H3. The lowest BCUT2D eigenvalue weighted by Crippen LogP contribution is -2.42. The molecular formula is C14H26N4. The number of piperidine rings is 1. The Balaban J connectivity index is 1.86. The van der Waals surface area contributed by atoms with Gasteiger partial charge in [-0.25, -0.2) is 0 Å². The number of likely N-dealkylation sites (tertiary alicyclic amines) is 1. The number of hydrogen-bond acceptors (Lipinski definition) is 3. The maximum Gasteiger partial charge on any atom is 0.0728 e. The normalized spacial score (nSPS) is 22.9. The van der Waals surface area contributed by atoms with Gasteiger partial charge in [0.1, 0.15) is 0 Å². The van der Waals surface area contributed by atoms with Crippen molar-refractivity contribution in [2.45, 2.75) is 39.2 Å². The van der Waals surface area contributed by atoms with Gasteiger partial charge < -0.3 is 10.2 Å². The molecule has 1 saturated heterocycles. The van der Waals surface area contributed by atoms with E-state index in [1.165, 1.54) is 38.9 Å². The lowest BCUT2D eigenvalue weighted by molar-refractivity contribution is 0.165. The number of aryl methyl sites for hydroxylation is 1. The van der Waals surface area contributed by atoms with Gasteiger partial charge in [-0.15, -0.1) is 0 Å². The van der Waals surface area contributed by atoms with E-state index in [2.05, 4.69) is 29.2 Å². The van der Waals surface area contributed by atoms with Crippen LogP contribution in [0.25, 0.3) is 0 Å². The molecule has 2 rings (SSSR count). The zero-order chi connectivity index (χ0) is 13.0. The van der Waals surface area contributed by atoms with Crippen molar-refractivity contribution in [2.75, 3.05) is 25.0 Å². The monoisotopic (exact) mass is 250 g/mol. The van der Waals surface area contributed by atoms with Crippen LogP contribution in [0, 0.1) is 5.92 Å². The van der Waals surface area contributed by atoms with Crippen LogP contribution in [0.2, 0.25) is 0 Å². The molecule has 2 heterocycles. The van der Waals surface area contributed by atoms with Gasteiger partial charge in [-0.05, 0) is 45.2 Å². The van der Waals surface area contributed by atoms with Crippen molar-refractivity contribution in [1.82, 2.24) is 14.7 Å². The third kappa shape index (κ3) is 3.48. The molecule has 0 aliphatic carbocycles. The van der Waals surface area contributed by atoms with E-state index in [-0.39, 0.29) is 0 Å². The van der Waals surface area contributed by atoms with Crippen LogP contribution in [0.4, 0.5) is 5.69 Å². The van der Waals surface area contributed by atoms with Gasteiger partial charge in [0.25, 0.3) is 0 Å². The maximum absolute atomic E-state index is 4.20. The van der Waals surface area contributed by atoms with Crippen molar-refractivity contribution in [3.05, 3.63) is 12.4 Å². The van der Waals surface area contributed by atoms with Gasteiger partial charge in [-0.3, -0.25) is 4.68 Å². The average Bonchev–Trinajstić information content (AvgIpc) is 2.75. The van der Waals surface area contributed by atoms with E-state index in [1.807, 2.05) is 24.1 Å². The van der Waals surface area contributed by atoms with Crippen LogP contribution in [0.1, 0.15) is 33.1 Å². The second kappa shape index (κ2) is 6.23. The van der Waals surface area contributed by atoms with Crippen LogP contribution >= 0.6 is 0 Å².